The number of rotatable bonds is 5. The summed E-state index contributed by atoms with van der Waals surface area (Å²) in [6, 6.07) is 7.20. The Hall–Kier alpha value is -1.85. The molecule has 0 spiro atoms. The van der Waals surface area contributed by atoms with Crippen LogP contribution in [0, 0.1) is 0 Å². The monoisotopic (exact) mass is 263 g/mol. The fourth-order valence-corrected chi connectivity index (χ4v) is 2.09. The van der Waals surface area contributed by atoms with Gasteiger partial charge in [-0.25, -0.2) is 0 Å². The van der Waals surface area contributed by atoms with Crippen LogP contribution in [0.3, 0.4) is 0 Å². The lowest BCUT2D eigenvalue weighted by Gasteiger charge is -2.08. The minimum atomic E-state index is -0.661. The molecule has 0 aromatic carbocycles. The Morgan fingerprint density at radius 3 is 3.06 bits per heavy atom. The summed E-state index contributed by atoms with van der Waals surface area (Å²) in [6.45, 7) is 0.196. The number of amides is 1. The van der Waals surface area contributed by atoms with E-state index in [-0.39, 0.29) is 12.5 Å². The first-order valence-electron chi connectivity index (χ1n) is 5.46. The Kier molecular flexibility index (Phi) is 4.33. The van der Waals surface area contributed by atoms with Crippen LogP contribution in [0.25, 0.3) is 6.08 Å². The van der Waals surface area contributed by atoms with Crippen LogP contribution in [0.2, 0.25) is 0 Å². The van der Waals surface area contributed by atoms with Crippen molar-refractivity contribution >= 4 is 23.3 Å². The van der Waals surface area contributed by atoms with E-state index < -0.39 is 6.10 Å². The Bertz CT molecular complexity index is 502. The first kappa shape index (κ1) is 12.6. The van der Waals surface area contributed by atoms with E-state index in [1.165, 1.54) is 23.7 Å². The largest absolute Gasteiger partial charge is 0.465 e. The Balaban J connectivity index is 1.78. The molecule has 1 amide bonds. The molecule has 0 saturated carbocycles. The molecule has 0 aliphatic carbocycles. The van der Waals surface area contributed by atoms with Crippen LogP contribution >= 0.6 is 11.3 Å². The second kappa shape index (κ2) is 6.18. The van der Waals surface area contributed by atoms with E-state index >= 15 is 0 Å². The Labute approximate surface area is 109 Å². The third-order valence-electron chi connectivity index (χ3n) is 2.28. The van der Waals surface area contributed by atoms with E-state index in [0.717, 1.165) is 4.88 Å². The molecule has 2 aromatic rings. The third kappa shape index (κ3) is 3.58. The average molecular weight is 263 g/mol. The molecule has 2 N–H and O–H groups in total. The van der Waals surface area contributed by atoms with Gasteiger partial charge in [0.15, 0.2) is 0 Å². The SMILES string of the molecule is O=C(/C=C/c1ccco1)NCC(O)c1cccs1. The highest BCUT2D eigenvalue weighted by atomic mass is 32.1. The lowest BCUT2D eigenvalue weighted by atomic mass is 10.3. The van der Waals surface area contributed by atoms with Crippen LogP contribution in [0.1, 0.15) is 16.7 Å². The minimum Gasteiger partial charge on any atom is -0.465 e. The van der Waals surface area contributed by atoms with Crippen molar-refractivity contribution in [1.82, 2.24) is 5.32 Å². The fraction of sp³-hybridized carbons (Fsp3) is 0.154. The molecule has 0 bridgehead atoms. The van der Waals surface area contributed by atoms with Gasteiger partial charge < -0.3 is 14.8 Å². The van der Waals surface area contributed by atoms with Gasteiger partial charge in [0.05, 0.1) is 6.26 Å². The highest BCUT2D eigenvalue weighted by Gasteiger charge is 2.08. The molecule has 2 rings (SSSR count). The van der Waals surface area contributed by atoms with Gasteiger partial charge in [-0.1, -0.05) is 6.07 Å². The van der Waals surface area contributed by atoms with Crippen molar-refractivity contribution in [2.45, 2.75) is 6.10 Å². The first-order valence-corrected chi connectivity index (χ1v) is 6.34. The number of thiophene rings is 1. The summed E-state index contributed by atoms with van der Waals surface area (Å²) in [7, 11) is 0. The fourth-order valence-electron chi connectivity index (χ4n) is 1.38. The predicted octanol–water partition coefficient (Wildman–Crippen LogP) is 2.20. The quantitative estimate of drug-likeness (QED) is 0.813. The highest BCUT2D eigenvalue weighted by molar-refractivity contribution is 7.10. The maximum absolute atomic E-state index is 11.5. The average Bonchev–Trinajstić information content (AvgIpc) is 3.05. The van der Waals surface area contributed by atoms with Crippen LogP contribution < -0.4 is 5.32 Å². The molecule has 1 atom stereocenters. The lowest BCUT2D eigenvalue weighted by Crippen LogP contribution is -2.26. The van der Waals surface area contributed by atoms with Gasteiger partial charge in [-0.05, 0) is 29.7 Å². The number of hydrogen-bond donors (Lipinski definition) is 2. The van der Waals surface area contributed by atoms with Gasteiger partial charge in [0.25, 0.3) is 0 Å². The normalized spacial score (nSPS) is 12.7. The van der Waals surface area contributed by atoms with E-state index in [1.807, 2.05) is 17.5 Å². The molecular formula is C13H13NO3S. The number of hydrogen-bond acceptors (Lipinski definition) is 4. The van der Waals surface area contributed by atoms with Gasteiger partial charge in [-0.3, -0.25) is 4.79 Å². The predicted molar refractivity (Wildman–Crippen MR) is 70.0 cm³/mol. The second-order valence-electron chi connectivity index (χ2n) is 3.63. The van der Waals surface area contributed by atoms with E-state index in [0.29, 0.717) is 5.76 Å². The molecule has 5 heteroatoms. The number of furan rings is 1. The maximum atomic E-state index is 11.5. The minimum absolute atomic E-state index is 0.196. The molecule has 18 heavy (non-hydrogen) atoms. The highest BCUT2D eigenvalue weighted by Crippen LogP contribution is 2.17. The van der Waals surface area contributed by atoms with Gasteiger partial charge in [0, 0.05) is 17.5 Å². The van der Waals surface area contributed by atoms with Crippen molar-refractivity contribution in [3.05, 3.63) is 52.6 Å². The Morgan fingerprint density at radius 2 is 2.39 bits per heavy atom. The molecular weight excluding hydrogens is 250 g/mol. The number of carbonyl (C=O) groups excluding carboxylic acids is 1. The summed E-state index contributed by atoms with van der Waals surface area (Å²) in [5, 5.41) is 14.3. The second-order valence-corrected chi connectivity index (χ2v) is 4.60. The van der Waals surface area contributed by atoms with Crippen LogP contribution in [0.5, 0.6) is 0 Å². The molecule has 0 fully saturated rings. The van der Waals surface area contributed by atoms with Gasteiger partial charge in [0.2, 0.25) is 5.91 Å². The van der Waals surface area contributed by atoms with E-state index in [9.17, 15) is 9.90 Å². The summed E-state index contributed by atoms with van der Waals surface area (Å²) in [5.41, 5.74) is 0. The number of aliphatic hydroxyl groups excluding tert-OH is 1. The molecule has 0 aliphatic heterocycles. The topological polar surface area (TPSA) is 62.5 Å². The lowest BCUT2D eigenvalue weighted by molar-refractivity contribution is -0.116. The standard InChI is InChI=1S/C13H13NO3S/c15-11(12-4-2-8-18-12)9-14-13(16)6-5-10-3-1-7-17-10/h1-8,11,15H,9H2,(H,14,16)/b6-5+. The summed E-state index contributed by atoms with van der Waals surface area (Å²) < 4.78 is 5.05. The maximum Gasteiger partial charge on any atom is 0.244 e. The Morgan fingerprint density at radius 1 is 1.50 bits per heavy atom. The summed E-state index contributed by atoms with van der Waals surface area (Å²) in [6.07, 6.45) is 3.83. The zero-order valence-corrected chi connectivity index (χ0v) is 10.4. The molecule has 0 aliphatic rings. The van der Waals surface area contributed by atoms with Gasteiger partial charge >= 0.3 is 0 Å². The molecule has 0 radical (unpaired) electrons. The summed E-state index contributed by atoms with van der Waals surface area (Å²) in [5.74, 6) is 0.353. The van der Waals surface area contributed by atoms with E-state index in [4.69, 9.17) is 4.42 Å². The van der Waals surface area contributed by atoms with Crippen molar-refractivity contribution in [3.8, 4) is 0 Å². The smallest absolute Gasteiger partial charge is 0.244 e. The number of nitrogens with one attached hydrogen (secondary N) is 1. The van der Waals surface area contributed by atoms with Crippen LogP contribution in [-0.4, -0.2) is 17.6 Å². The molecule has 2 heterocycles. The van der Waals surface area contributed by atoms with Gasteiger partial charge in [0.1, 0.15) is 11.9 Å². The van der Waals surface area contributed by atoms with Crippen LogP contribution in [-0.2, 0) is 4.79 Å². The molecule has 4 nitrogen and oxygen atoms in total. The van der Waals surface area contributed by atoms with Crippen LogP contribution in [0.15, 0.2) is 46.4 Å². The third-order valence-corrected chi connectivity index (χ3v) is 3.26. The zero-order chi connectivity index (χ0) is 12.8. The van der Waals surface area contributed by atoms with E-state index in [1.54, 1.807) is 18.2 Å². The molecule has 94 valence electrons. The van der Waals surface area contributed by atoms with E-state index in [2.05, 4.69) is 5.32 Å². The summed E-state index contributed by atoms with van der Waals surface area (Å²) in [4.78, 5) is 12.3. The van der Waals surface area contributed by atoms with Crippen molar-refractivity contribution < 1.29 is 14.3 Å². The van der Waals surface area contributed by atoms with Crippen molar-refractivity contribution in [2.24, 2.45) is 0 Å². The van der Waals surface area contributed by atoms with Gasteiger partial charge in [-0.2, -0.15) is 0 Å². The molecule has 1 unspecified atom stereocenters. The number of aliphatic hydroxyl groups is 1. The first-order chi connectivity index (χ1) is 8.75. The van der Waals surface area contributed by atoms with Crippen molar-refractivity contribution in [1.29, 1.82) is 0 Å². The number of carbonyl (C=O) groups is 1. The molecule has 0 saturated heterocycles. The van der Waals surface area contributed by atoms with Crippen molar-refractivity contribution in [2.75, 3.05) is 6.54 Å². The summed E-state index contributed by atoms with van der Waals surface area (Å²) >= 11 is 1.46. The van der Waals surface area contributed by atoms with Crippen LogP contribution in [0.4, 0.5) is 0 Å². The zero-order valence-electron chi connectivity index (χ0n) is 9.58. The van der Waals surface area contributed by atoms with Crippen molar-refractivity contribution in [3.63, 3.8) is 0 Å². The molecule has 2 aromatic heterocycles. The van der Waals surface area contributed by atoms with Gasteiger partial charge in [-0.15, -0.1) is 11.3 Å².